The monoisotopic (exact) mass is 368 g/mol. The molecule has 3 atom stereocenters. The number of rotatable bonds is 5. The van der Waals surface area contributed by atoms with Crippen molar-refractivity contribution in [1.29, 1.82) is 0 Å². The molecule has 2 rings (SSSR count). The van der Waals surface area contributed by atoms with Crippen molar-refractivity contribution in [3.05, 3.63) is 0 Å². The average molecular weight is 368 g/mol. The van der Waals surface area contributed by atoms with Crippen LogP contribution in [0, 0.1) is 10.8 Å². The molecule has 2 N–H and O–H groups in total. The third-order valence-electron chi connectivity index (χ3n) is 6.40. The van der Waals surface area contributed by atoms with Gasteiger partial charge in [0, 0.05) is 11.8 Å². The van der Waals surface area contributed by atoms with Crippen LogP contribution in [-0.2, 0) is 18.2 Å². The fourth-order valence-corrected chi connectivity index (χ4v) is 10.7. The summed E-state index contributed by atoms with van der Waals surface area (Å²) in [6, 6.07) is 0. The largest absolute Gasteiger partial charge is 0.358 e. The molecule has 1 heterocycles. The molecule has 3 unspecified atom stereocenters. The topological polar surface area (TPSA) is 93.1 Å². The Balaban J connectivity index is 2.81. The summed E-state index contributed by atoms with van der Waals surface area (Å²) in [5, 5.41) is -2.62. The third kappa shape index (κ3) is 2.22. The summed E-state index contributed by atoms with van der Waals surface area (Å²) in [5.41, 5.74) is -1.20. The highest BCUT2D eigenvalue weighted by molar-refractivity contribution is 7.59. The summed E-state index contributed by atoms with van der Waals surface area (Å²) >= 11 is 0. The van der Waals surface area contributed by atoms with Crippen LogP contribution in [0.25, 0.3) is 0 Å². The van der Waals surface area contributed by atoms with Crippen molar-refractivity contribution in [2.45, 2.75) is 77.7 Å². The van der Waals surface area contributed by atoms with Gasteiger partial charge in [0.05, 0.1) is 11.8 Å². The first kappa shape index (κ1) is 19.6. The van der Waals surface area contributed by atoms with Crippen molar-refractivity contribution in [1.82, 2.24) is 0 Å². The summed E-state index contributed by atoms with van der Waals surface area (Å²) in [4.78, 5) is 20.5. The molecule has 2 aliphatic rings. The van der Waals surface area contributed by atoms with E-state index in [1.54, 1.807) is 13.8 Å². The highest BCUT2D eigenvalue weighted by Crippen LogP contribution is 2.87. The van der Waals surface area contributed by atoms with Crippen LogP contribution in [0.2, 0.25) is 0 Å². The molecular weight excluding hydrogens is 338 g/mol. The summed E-state index contributed by atoms with van der Waals surface area (Å²) < 4.78 is 37.4. The zero-order valence-electron chi connectivity index (χ0n) is 15.0. The predicted octanol–water partition coefficient (Wildman–Crippen LogP) is 4.51. The van der Waals surface area contributed by atoms with E-state index in [0.29, 0.717) is 19.3 Å². The molecule has 0 aromatic heterocycles. The van der Waals surface area contributed by atoms with Gasteiger partial charge in [-0.1, -0.05) is 27.7 Å². The molecule has 0 aromatic carbocycles. The summed E-state index contributed by atoms with van der Waals surface area (Å²) in [7, 11) is -8.31. The Morgan fingerprint density at radius 1 is 1.13 bits per heavy atom. The number of hydrogen-bond donors (Lipinski definition) is 2. The minimum absolute atomic E-state index is 0.0761. The van der Waals surface area contributed by atoms with Gasteiger partial charge in [-0.15, -0.1) is 0 Å². The summed E-state index contributed by atoms with van der Waals surface area (Å²) in [5.74, 6) is 0. The summed E-state index contributed by atoms with van der Waals surface area (Å²) in [6.07, 6.45) is 1.72. The van der Waals surface area contributed by atoms with E-state index in [9.17, 15) is 18.9 Å². The Kier molecular flexibility index (Phi) is 4.60. The van der Waals surface area contributed by atoms with Crippen LogP contribution in [0.15, 0.2) is 0 Å². The van der Waals surface area contributed by atoms with E-state index >= 15 is 0 Å². The van der Waals surface area contributed by atoms with E-state index < -0.39 is 36.5 Å². The zero-order chi connectivity index (χ0) is 17.9. The lowest BCUT2D eigenvalue weighted by molar-refractivity contribution is -0.114. The van der Waals surface area contributed by atoms with Crippen LogP contribution in [0.4, 0.5) is 0 Å². The highest BCUT2D eigenvalue weighted by atomic mass is 31.2. The molecular formula is C15H30O6P2. The fraction of sp³-hybridized carbons (Fsp3) is 1.00. The van der Waals surface area contributed by atoms with Crippen LogP contribution in [0.5, 0.6) is 0 Å². The second-order valence-corrected chi connectivity index (χ2v) is 12.2. The average Bonchev–Trinajstić information content (AvgIpc) is 2.57. The second kappa shape index (κ2) is 5.40. The van der Waals surface area contributed by atoms with E-state index in [0.717, 1.165) is 0 Å². The lowest BCUT2D eigenvalue weighted by Crippen LogP contribution is -2.60. The minimum atomic E-state index is -4.69. The van der Waals surface area contributed by atoms with E-state index in [4.69, 9.17) is 9.05 Å². The number of fused-ring (bicyclic) bond motifs is 2. The van der Waals surface area contributed by atoms with Crippen molar-refractivity contribution in [2.75, 3.05) is 6.61 Å². The van der Waals surface area contributed by atoms with Gasteiger partial charge in [0.15, 0.2) is 5.34 Å². The normalized spacial score (nSPS) is 41.9. The van der Waals surface area contributed by atoms with Crippen molar-refractivity contribution in [3.8, 4) is 0 Å². The van der Waals surface area contributed by atoms with Gasteiger partial charge in [-0.25, -0.2) is 0 Å². The van der Waals surface area contributed by atoms with E-state index in [1.165, 1.54) is 0 Å². The van der Waals surface area contributed by atoms with Crippen LogP contribution >= 0.6 is 15.2 Å². The Bertz CT molecular complexity index is 579. The van der Waals surface area contributed by atoms with Crippen LogP contribution in [0.1, 0.15) is 67.2 Å². The molecule has 8 heteroatoms. The van der Waals surface area contributed by atoms with Gasteiger partial charge in [-0.2, -0.15) is 0 Å². The molecule has 2 fully saturated rings. The Hall–Kier alpha value is 0.300. The summed E-state index contributed by atoms with van der Waals surface area (Å²) in [6.45, 7) is 11.6. The molecule has 0 radical (unpaired) electrons. The second-order valence-electron chi connectivity index (χ2n) is 7.86. The van der Waals surface area contributed by atoms with E-state index in [-0.39, 0.29) is 13.0 Å². The van der Waals surface area contributed by atoms with E-state index in [1.807, 2.05) is 27.7 Å². The maximum Gasteiger partial charge on any atom is 0.358 e. The standard InChI is InChI=1S/C15H30O6P2/c1-7-14(8-2)12(4,5)10-13(6)11-15(14,22(16,17)18)21-23(13,19)20-9-3/h7-11H2,1-6H3,(H2,16,17,18). The van der Waals surface area contributed by atoms with Crippen molar-refractivity contribution in [3.63, 3.8) is 0 Å². The van der Waals surface area contributed by atoms with Crippen LogP contribution < -0.4 is 0 Å². The van der Waals surface area contributed by atoms with Gasteiger partial charge in [-0.3, -0.25) is 13.7 Å². The zero-order valence-corrected chi connectivity index (χ0v) is 16.7. The molecule has 1 aliphatic carbocycles. The van der Waals surface area contributed by atoms with Crippen molar-refractivity contribution in [2.24, 2.45) is 10.8 Å². The first-order chi connectivity index (χ1) is 10.3. The Labute approximate surface area is 139 Å². The fourth-order valence-electron chi connectivity index (χ4n) is 5.57. The van der Waals surface area contributed by atoms with Gasteiger partial charge >= 0.3 is 15.2 Å². The first-order valence-electron chi connectivity index (χ1n) is 8.31. The smallest absolute Gasteiger partial charge is 0.322 e. The Morgan fingerprint density at radius 2 is 1.65 bits per heavy atom. The SMILES string of the molecule is CCOP1(=O)OC2(P(=O)(O)O)CC1(C)CC(C)(C)C2(CC)CC. The van der Waals surface area contributed by atoms with Gasteiger partial charge in [0.25, 0.3) is 0 Å². The molecule has 0 amide bonds. The third-order valence-corrected chi connectivity index (χ3v) is 10.9. The molecule has 1 aliphatic heterocycles. The van der Waals surface area contributed by atoms with Crippen LogP contribution in [-0.4, -0.2) is 26.9 Å². The quantitative estimate of drug-likeness (QED) is 0.694. The van der Waals surface area contributed by atoms with Gasteiger partial charge in [0.1, 0.15) is 0 Å². The first-order valence-corrected chi connectivity index (χ1v) is 11.5. The molecule has 6 nitrogen and oxygen atoms in total. The van der Waals surface area contributed by atoms with Crippen LogP contribution in [0.3, 0.4) is 0 Å². The minimum Gasteiger partial charge on any atom is -0.322 e. The molecule has 1 saturated heterocycles. The van der Waals surface area contributed by atoms with Gasteiger partial charge in [0.2, 0.25) is 0 Å². The molecule has 23 heavy (non-hydrogen) atoms. The molecule has 1 saturated carbocycles. The number of hydrogen-bond acceptors (Lipinski definition) is 4. The predicted molar refractivity (Wildman–Crippen MR) is 89.5 cm³/mol. The lowest BCUT2D eigenvalue weighted by Gasteiger charge is -2.59. The van der Waals surface area contributed by atoms with Crippen molar-refractivity contribution >= 4 is 15.2 Å². The van der Waals surface area contributed by atoms with Crippen molar-refractivity contribution < 1.29 is 28.0 Å². The van der Waals surface area contributed by atoms with E-state index in [2.05, 4.69) is 0 Å². The molecule has 2 bridgehead atoms. The maximum atomic E-state index is 13.4. The Morgan fingerprint density at radius 3 is 2.04 bits per heavy atom. The molecule has 0 spiro atoms. The highest BCUT2D eigenvalue weighted by Gasteiger charge is 2.81. The lowest BCUT2D eigenvalue weighted by atomic mass is 9.51. The molecule has 136 valence electrons. The maximum absolute atomic E-state index is 13.4. The van der Waals surface area contributed by atoms with Gasteiger partial charge < -0.3 is 14.3 Å². The molecule has 0 aromatic rings. The van der Waals surface area contributed by atoms with Gasteiger partial charge in [-0.05, 0) is 38.5 Å².